The standard InChI is InChI=1S/C28H35FN6O2/c1-17-9-20-12-30-24(32-27(36)26-18(2)25(26)21-13-31-33(4)14-21)11-19(20)10-22(17)34-5-7-35(8-6-34)28(3)16-37-15-23(28)29/h9-14,18,23,25-26H,5-8,15-16H2,1-4H3,(H,30,32,36)/t18-,23-,25+,26-,28+/m0/s1. The fraction of sp³-hybridized carbons (Fsp3) is 0.536. The molecule has 2 aliphatic heterocycles. The van der Waals surface area contributed by atoms with Crippen LogP contribution in [0.3, 0.4) is 0 Å². The van der Waals surface area contributed by atoms with Crippen molar-refractivity contribution in [2.75, 3.05) is 49.6 Å². The van der Waals surface area contributed by atoms with Crippen LogP contribution in [0.25, 0.3) is 10.8 Å². The number of amides is 1. The van der Waals surface area contributed by atoms with Crippen LogP contribution in [0.5, 0.6) is 0 Å². The van der Waals surface area contributed by atoms with Gasteiger partial charge in [-0.2, -0.15) is 5.10 Å². The molecular formula is C28H35FN6O2. The summed E-state index contributed by atoms with van der Waals surface area (Å²) in [6.45, 7) is 10.1. The SMILES string of the molecule is Cc1cc2cnc(NC(=O)[C@H]3[C@@H](C)[C@@H]3c3cnn(C)c3)cc2cc1N1CCN([C@]2(C)COC[C@@H]2F)CC1. The molecule has 4 heterocycles. The highest BCUT2D eigenvalue weighted by Crippen LogP contribution is 2.54. The van der Waals surface area contributed by atoms with Gasteiger partial charge in [-0.25, -0.2) is 9.37 Å². The molecule has 1 N–H and O–H groups in total. The maximum atomic E-state index is 14.5. The zero-order valence-corrected chi connectivity index (χ0v) is 21.9. The Bertz CT molecular complexity index is 1340. The van der Waals surface area contributed by atoms with E-state index in [0.29, 0.717) is 12.4 Å². The molecule has 3 aromatic rings. The van der Waals surface area contributed by atoms with Crippen molar-refractivity contribution in [2.45, 2.75) is 38.4 Å². The molecule has 1 aliphatic carbocycles. The van der Waals surface area contributed by atoms with E-state index in [4.69, 9.17) is 4.74 Å². The highest BCUT2D eigenvalue weighted by atomic mass is 19.1. The number of carbonyl (C=O) groups excluding carboxylic acids is 1. The second kappa shape index (κ2) is 9.06. The minimum Gasteiger partial charge on any atom is -0.376 e. The molecule has 6 rings (SSSR count). The number of nitrogens with zero attached hydrogens (tertiary/aromatic N) is 5. The molecule has 0 spiro atoms. The summed E-state index contributed by atoms with van der Waals surface area (Å²) in [6.07, 6.45) is 4.73. The average molecular weight is 507 g/mol. The van der Waals surface area contributed by atoms with E-state index in [1.807, 2.05) is 38.6 Å². The van der Waals surface area contributed by atoms with E-state index in [0.717, 1.165) is 42.5 Å². The van der Waals surface area contributed by atoms with Crippen LogP contribution < -0.4 is 10.2 Å². The third kappa shape index (κ3) is 4.28. The smallest absolute Gasteiger partial charge is 0.229 e. The summed E-state index contributed by atoms with van der Waals surface area (Å²) in [5.74, 6) is 0.996. The Morgan fingerprint density at radius 3 is 2.62 bits per heavy atom. The largest absolute Gasteiger partial charge is 0.376 e. The van der Waals surface area contributed by atoms with E-state index in [1.54, 1.807) is 4.68 Å². The van der Waals surface area contributed by atoms with E-state index in [9.17, 15) is 9.18 Å². The van der Waals surface area contributed by atoms with Gasteiger partial charge in [0.05, 0.1) is 24.9 Å². The second-order valence-electron chi connectivity index (χ2n) is 11.2. The number of carbonyl (C=O) groups is 1. The number of piperazine rings is 1. The number of pyridine rings is 1. The molecule has 3 fully saturated rings. The Kier molecular flexibility index (Phi) is 5.95. The molecular weight excluding hydrogens is 471 g/mol. The first-order valence-corrected chi connectivity index (χ1v) is 13.2. The van der Waals surface area contributed by atoms with Crippen LogP contribution in [0.1, 0.15) is 30.9 Å². The lowest BCUT2D eigenvalue weighted by Crippen LogP contribution is -2.59. The van der Waals surface area contributed by atoms with Crippen LogP contribution in [-0.4, -0.2) is 76.7 Å². The van der Waals surface area contributed by atoms with Gasteiger partial charge in [0.25, 0.3) is 0 Å². The molecule has 0 bridgehead atoms. The lowest BCUT2D eigenvalue weighted by Gasteiger charge is -2.45. The molecule has 2 saturated heterocycles. The second-order valence-corrected chi connectivity index (χ2v) is 11.2. The van der Waals surface area contributed by atoms with Crippen molar-refractivity contribution in [1.82, 2.24) is 19.7 Å². The average Bonchev–Trinajstić information content (AvgIpc) is 3.15. The van der Waals surface area contributed by atoms with Crippen LogP contribution in [0.2, 0.25) is 0 Å². The van der Waals surface area contributed by atoms with Gasteiger partial charge in [0.1, 0.15) is 12.0 Å². The summed E-state index contributed by atoms with van der Waals surface area (Å²) in [6, 6.07) is 6.30. The molecule has 196 valence electrons. The number of halogens is 1. The van der Waals surface area contributed by atoms with Crippen molar-refractivity contribution in [3.05, 3.63) is 47.9 Å². The molecule has 9 heteroatoms. The van der Waals surface area contributed by atoms with E-state index >= 15 is 0 Å². The Balaban J connectivity index is 1.16. The summed E-state index contributed by atoms with van der Waals surface area (Å²) in [7, 11) is 1.89. The number of alkyl halides is 1. The van der Waals surface area contributed by atoms with Crippen molar-refractivity contribution >= 4 is 28.2 Å². The van der Waals surface area contributed by atoms with Crippen molar-refractivity contribution < 1.29 is 13.9 Å². The van der Waals surface area contributed by atoms with Crippen molar-refractivity contribution in [3.8, 4) is 0 Å². The number of aromatic nitrogens is 3. The molecule has 1 saturated carbocycles. The zero-order valence-electron chi connectivity index (χ0n) is 21.9. The molecule has 1 aromatic carbocycles. The number of nitrogens with one attached hydrogen (secondary N) is 1. The number of ether oxygens (including phenoxy) is 1. The molecule has 3 aliphatic rings. The quantitative estimate of drug-likeness (QED) is 0.571. The van der Waals surface area contributed by atoms with E-state index in [2.05, 4.69) is 51.2 Å². The monoisotopic (exact) mass is 506 g/mol. The maximum Gasteiger partial charge on any atom is 0.229 e. The molecule has 37 heavy (non-hydrogen) atoms. The van der Waals surface area contributed by atoms with Crippen LogP contribution in [0.15, 0.2) is 36.8 Å². The van der Waals surface area contributed by atoms with Gasteiger partial charge in [0.2, 0.25) is 5.91 Å². The predicted octanol–water partition coefficient (Wildman–Crippen LogP) is 3.51. The fourth-order valence-electron chi connectivity index (χ4n) is 6.29. The van der Waals surface area contributed by atoms with Gasteiger partial charge < -0.3 is 15.0 Å². The molecule has 0 unspecified atom stereocenters. The Labute approximate surface area is 216 Å². The van der Waals surface area contributed by atoms with Gasteiger partial charge in [0.15, 0.2) is 0 Å². The van der Waals surface area contributed by atoms with Crippen LogP contribution in [0.4, 0.5) is 15.9 Å². The minimum atomic E-state index is -0.944. The molecule has 0 radical (unpaired) electrons. The number of aryl methyl sites for hydroxylation is 2. The zero-order chi connectivity index (χ0) is 25.9. The van der Waals surface area contributed by atoms with Gasteiger partial charge in [-0.3, -0.25) is 14.4 Å². The lowest BCUT2D eigenvalue weighted by atomic mass is 9.96. The molecule has 8 nitrogen and oxygen atoms in total. The van der Waals surface area contributed by atoms with Crippen molar-refractivity contribution in [3.63, 3.8) is 0 Å². The van der Waals surface area contributed by atoms with Gasteiger partial charge in [0, 0.05) is 68.5 Å². The van der Waals surface area contributed by atoms with E-state index < -0.39 is 11.7 Å². The van der Waals surface area contributed by atoms with Gasteiger partial charge >= 0.3 is 0 Å². The number of anilines is 2. The Hall–Kier alpha value is -3.04. The number of hydrogen-bond donors (Lipinski definition) is 1. The van der Waals surface area contributed by atoms with Gasteiger partial charge in [-0.1, -0.05) is 6.92 Å². The van der Waals surface area contributed by atoms with Gasteiger partial charge in [-0.15, -0.1) is 0 Å². The number of benzene rings is 1. The first kappa shape index (κ1) is 24.3. The lowest BCUT2D eigenvalue weighted by molar-refractivity contribution is -0.117. The summed E-state index contributed by atoms with van der Waals surface area (Å²) >= 11 is 0. The summed E-state index contributed by atoms with van der Waals surface area (Å²) in [5, 5.41) is 9.39. The van der Waals surface area contributed by atoms with Crippen LogP contribution in [0, 0.1) is 18.8 Å². The fourth-order valence-corrected chi connectivity index (χ4v) is 6.29. The predicted molar refractivity (Wildman–Crippen MR) is 142 cm³/mol. The van der Waals surface area contributed by atoms with Crippen LogP contribution in [-0.2, 0) is 16.6 Å². The first-order chi connectivity index (χ1) is 17.7. The highest BCUT2D eigenvalue weighted by molar-refractivity contribution is 5.97. The maximum absolute atomic E-state index is 14.5. The van der Waals surface area contributed by atoms with Crippen molar-refractivity contribution in [2.24, 2.45) is 18.9 Å². The third-order valence-electron chi connectivity index (χ3n) is 8.76. The highest BCUT2D eigenvalue weighted by Gasteiger charge is 2.53. The molecule has 1 amide bonds. The first-order valence-electron chi connectivity index (χ1n) is 13.2. The van der Waals surface area contributed by atoms with Crippen molar-refractivity contribution in [1.29, 1.82) is 0 Å². The Morgan fingerprint density at radius 2 is 1.95 bits per heavy atom. The normalized spacial score (nSPS) is 30.1. The van der Waals surface area contributed by atoms with Gasteiger partial charge in [-0.05, 0) is 54.5 Å². The molecule has 5 atom stereocenters. The number of fused-ring (bicyclic) bond motifs is 1. The minimum absolute atomic E-state index is 0.00668. The summed E-state index contributed by atoms with van der Waals surface area (Å²) < 4.78 is 21.7. The third-order valence-corrected chi connectivity index (χ3v) is 8.76. The van der Waals surface area contributed by atoms with E-state index in [1.165, 1.54) is 11.3 Å². The number of rotatable bonds is 5. The van der Waals surface area contributed by atoms with Crippen LogP contribution >= 0.6 is 0 Å². The Morgan fingerprint density at radius 1 is 1.16 bits per heavy atom. The molecule has 2 aromatic heterocycles. The topological polar surface area (TPSA) is 75.5 Å². The summed E-state index contributed by atoms with van der Waals surface area (Å²) in [5.41, 5.74) is 2.94. The van der Waals surface area contributed by atoms with E-state index in [-0.39, 0.29) is 30.3 Å². The number of hydrogen-bond acceptors (Lipinski definition) is 6. The summed E-state index contributed by atoms with van der Waals surface area (Å²) in [4.78, 5) is 22.2.